The largest absolute Gasteiger partial charge is 0.492 e. The number of amides is 1. The van der Waals surface area contributed by atoms with Crippen LogP contribution in [0.25, 0.3) is 0 Å². The quantitative estimate of drug-likeness (QED) is 0.789. The Morgan fingerprint density at radius 2 is 2.26 bits per heavy atom. The number of halogens is 1. The Balaban J connectivity index is 1.63. The maximum Gasteiger partial charge on any atom is 0.239 e. The van der Waals surface area contributed by atoms with Gasteiger partial charge >= 0.3 is 0 Å². The third-order valence-corrected chi connectivity index (χ3v) is 3.25. The second kappa shape index (κ2) is 7.47. The number of hydrogen-bond acceptors (Lipinski definition) is 4. The molecule has 0 aliphatic carbocycles. The van der Waals surface area contributed by atoms with E-state index in [9.17, 15) is 4.79 Å². The van der Waals surface area contributed by atoms with Crippen LogP contribution in [0.4, 0.5) is 0 Å². The Bertz CT molecular complexity index is 405. The number of carbonyl (C=O) groups excluding carboxylic acids is 1. The lowest BCUT2D eigenvalue weighted by Gasteiger charge is -2.22. The summed E-state index contributed by atoms with van der Waals surface area (Å²) in [5, 5.41) is 5.92. The Labute approximate surface area is 120 Å². The molecule has 1 saturated heterocycles. The van der Waals surface area contributed by atoms with E-state index in [1.165, 1.54) is 0 Å². The number of nitrogens with one attached hydrogen (secondary N) is 2. The lowest BCUT2D eigenvalue weighted by Crippen LogP contribution is -2.51. The molecular formula is C13H17BrN2O3. The number of benzene rings is 1. The van der Waals surface area contributed by atoms with Gasteiger partial charge in [-0.3, -0.25) is 4.79 Å². The summed E-state index contributed by atoms with van der Waals surface area (Å²) in [6, 6.07) is 7.33. The molecule has 2 N–H and O–H groups in total. The molecule has 104 valence electrons. The van der Waals surface area contributed by atoms with Crippen molar-refractivity contribution >= 4 is 21.8 Å². The van der Waals surface area contributed by atoms with Gasteiger partial charge in [0.15, 0.2) is 0 Å². The highest BCUT2D eigenvalue weighted by Crippen LogP contribution is 2.15. The molecule has 0 saturated carbocycles. The molecule has 1 aliphatic heterocycles. The first-order valence-corrected chi connectivity index (χ1v) is 7.02. The molecule has 1 heterocycles. The van der Waals surface area contributed by atoms with Gasteiger partial charge in [0.25, 0.3) is 0 Å². The molecule has 1 amide bonds. The monoisotopic (exact) mass is 328 g/mol. The SMILES string of the molecule is O=C(NCCOc1ccc(Br)cc1)C1COCCN1. The second-order valence-corrected chi connectivity index (χ2v) is 5.09. The molecule has 1 aromatic rings. The van der Waals surface area contributed by atoms with E-state index in [-0.39, 0.29) is 11.9 Å². The first-order valence-electron chi connectivity index (χ1n) is 6.23. The summed E-state index contributed by atoms with van der Waals surface area (Å²) in [7, 11) is 0. The van der Waals surface area contributed by atoms with Crippen molar-refractivity contribution < 1.29 is 14.3 Å². The molecule has 19 heavy (non-hydrogen) atoms. The van der Waals surface area contributed by atoms with E-state index in [0.717, 1.165) is 10.2 Å². The van der Waals surface area contributed by atoms with Gasteiger partial charge in [-0.15, -0.1) is 0 Å². The minimum Gasteiger partial charge on any atom is -0.492 e. The van der Waals surface area contributed by atoms with Gasteiger partial charge in [-0.1, -0.05) is 15.9 Å². The summed E-state index contributed by atoms with van der Waals surface area (Å²) in [6.07, 6.45) is 0. The highest BCUT2D eigenvalue weighted by molar-refractivity contribution is 9.10. The van der Waals surface area contributed by atoms with E-state index in [0.29, 0.717) is 32.9 Å². The van der Waals surface area contributed by atoms with E-state index in [1.54, 1.807) is 0 Å². The Morgan fingerprint density at radius 1 is 1.47 bits per heavy atom. The van der Waals surface area contributed by atoms with E-state index < -0.39 is 0 Å². The van der Waals surface area contributed by atoms with Crippen LogP contribution in [0.2, 0.25) is 0 Å². The Hall–Kier alpha value is -1.11. The van der Waals surface area contributed by atoms with Crippen LogP contribution in [0.3, 0.4) is 0 Å². The summed E-state index contributed by atoms with van der Waals surface area (Å²) in [5.74, 6) is 0.746. The highest BCUT2D eigenvalue weighted by Gasteiger charge is 2.20. The van der Waals surface area contributed by atoms with Crippen LogP contribution >= 0.6 is 15.9 Å². The average molecular weight is 329 g/mol. The van der Waals surface area contributed by atoms with Crippen molar-refractivity contribution in [1.82, 2.24) is 10.6 Å². The third kappa shape index (κ3) is 4.81. The lowest BCUT2D eigenvalue weighted by molar-refractivity contribution is -0.126. The molecule has 1 aromatic carbocycles. The van der Waals surface area contributed by atoms with E-state index in [4.69, 9.17) is 9.47 Å². The minimum atomic E-state index is -0.249. The number of rotatable bonds is 5. The van der Waals surface area contributed by atoms with Gasteiger partial charge in [0.1, 0.15) is 18.4 Å². The first-order chi connectivity index (χ1) is 9.25. The van der Waals surface area contributed by atoms with Crippen molar-refractivity contribution in [2.75, 3.05) is 32.9 Å². The zero-order chi connectivity index (χ0) is 13.5. The molecule has 1 unspecified atom stereocenters. The molecule has 0 bridgehead atoms. The van der Waals surface area contributed by atoms with Gasteiger partial charge in [0, 0.05) is 11.0 Å². The van der Waals surface area contributed by atoms with Crippen molar-refractivity contribution in [3.05, 3.63) is 28.7 Å². The van der Waals surface area contributed by atoms with Gasteiger partial charge in [-0.05, 0) is 24.3 Å². The maximum atomic E-state index is 11.7. The number of hydrogen-bond donors (Lipinski definition) is 2. The van der Waals surface area contributed by atoms with Crippen LogP contribution in [-0.4, -0.2) is 44.9 Å². The molecule has 0 spiro atoms. The van der Waals surface area contributed by atoms with Crippen LogP contribution < -0.4 is 15.4 Å². The maximum absolute atomic E-state index is 11.7. The van der Waals surface area contributed by atoms with Crippen molar-refractivity contribution in [1.29, 1.82) is 0 Å². The lowest BCUT2D eigenvalue weighted by atomic mass is 10.2. The van der Waals surface area contributed by atoms with Gasteiger partial charge < -0.3 is 20.1 Å². The van der Waals surface area contributed by atoms with Crippen molar-refractivity contribution in [3.8, 4) is 5.75 Å². The molecule has 5 nitrogen and oxygen atoms in total. The van der Waals surface area contributed by atoms with Crippen molar-refractivity contribution in [2.45, 2.75) is 6.04 Å². The fourth-order valence-corrected chi connectivity index (χ4v) is 2.00. The van der Waals surface area contributed by atoms with E-state index in [1.807, 2.05) is 24.3 Å². The second-order valence-electron chi connectivity index (χ2n) is 4.18. The molecule has 1 atom stereocenters. The van der Waals surface area contributed by atoms with Crippen molar-refractivity contribution in [3.63, 3.8) is 0 Å². The van der Waals surface area contributed by atoms with Gasteiger partial charge in [-0.25, -0.2) is 0 Å². The molecule has 2 rings (SSSR count). The number of ether oxygens (including phenoxy) is 2. The first kappa shape index (κ1) is 14.3. The number of carbonyl (C=O) groups is 1. The smallest absolute Gasteiger partial charge is 0.239 e. The molecule has 1 aliphatic rings. The normalized spacial score (nSPS) is 18.9. The van der Waals surface area contributed by atoms with Gasteiger partial charge in [0.2, 0.25) is 5.91 Å². The summed E-state index contributed by atoms with van der Waals surface area (Å²) in [6.45, 7) is 2.73. The third-order valence-electron chi connectivity index (χ3n) is 2.72. The molecule has 6 heteroatoms. The summed E-state index contributed by atoms with van der Waals surface area (Å²) < 4.78 is 11.8. The van der Waals surface area contributed by atoms with Crippen LogP contribution in [0, 0.1) is 0 Å². The fraction of sp³-hybridized carbons (Fsp3) is 0.462. The molecule has 1 fully saturated rings. The number of morpholine rings is 1. The average Bonchev–Trinajstić information content (AvgIpc) is 2.46. The summed E-state index contributed by atoms with van der Waals surface area (Å²) in [5.41, 5.74) is 0. The molecule has 0 radical (unpaired) electrons. The van der Waals surface area contributed by atoms with E-state index in [2.05, 4.69) is 26.6 Å². The van der Waals surface area contributed by atoms with Gasteiger partial charge in [-0.2, -0.15) is 0 Å². The minimum absolute atomic E-state index is 0.0425. The topological polar surface area (TPSA) is 59.6 Å². The Kier molecular flexibility index (Phi) is 5.62. The summed E-state index contributed by atoms with van der Waals surface area (Å²) >= 11 is 3.36. The van der Waals surface area contributed by atoms with Gasteiger partial charge in [0.05, 0.1) is 19.8 Å². The molecular weight excluding hydrogens is 312 g/mol. The zero-order valence-corrected chi connectivity index (χ0v) is 12.1. The summed E-state index contributed by atoms with van der Waals surface area (Å²) in [4.78, 5) is 11.7. The fourth-order valence-electron chi connectivity index (χ4n) is 1.73. The predicted octanol–water partition coefficient (Wildman–Crippen LogP) is 0.932. The zero-order valence-electron chi connectivity index (χ0n) is 10.5. The van der Waals surface area contributed by atoms with Crippen LogP contribution in [0.1, 0.15) is 0 Å². The van der Waals surface area contributed by atoms with Crippen molar-refractivity contribution in [2.24, 2.45) is 0 Å². The molecule has 0 aromatic heterocycles. The van der Waals surface area contributed by atoms with E-state index >= 15 is 0 Å². The standard InChI is InChI=1S/C13H17BrN2O3/c14-10-1-3-11(4-2-10)19-8-6-16-13(17)12-9-18-7-5-15-12/h1-4,12,15H,5-9H2,(H,16,17). The Morgan fingerprint density at radius 3 is 2.95 bits per heavy atom. The predicted molar refractivity (Wildman–Crippen MR) is 75.3 cm³/mol. The van der Waals surface area contributed by atoms with Crippen LogP contribution in [0.5, 0.6) is 5.75 Å². The van der Waals surface area contributed by atoms with Crippen LogP contribution in [-0.2, 0) is 9.53 Å². The highest BCUT2D eigenvalue weighted by atomic mass is 79.9. The van der Waals surface area contributed by atoms with Crippen LogP contribution in [0.15, 0.2) is 28.7 Å².